The fourth-order valence-electron chi connectivity index (χ4n) is 2.75. The highest BCUT2D eigenvalue weighted by molar-refractivity contribution is 7.91. The first-order valence-electron chi connectivity index (χ1n) is 7.74. The summed E-state index contributed by atoms with van der Waals surface area (Å²) in [6.45, 7) is -0.0153. The molecule has 0 atom stereocenters. The maximum atomic E-state index is 12.3. The van der Waals surface area contributed by atoms with Crippen LogP contribution in [0.3, 0.4) is 0 Å². The summed E-state index contributed by atoms with van der Waals surface area (Å²) >= 11 is 0. The van der Waals surface area contributed by atoms with Gasteiger partial charge < -0.3 is 0 Å². The Kier molecular flexibility index (Phi) is 4.56. The van der Waals surface area contributed by atoms with Gasteiger partial charge in [-0.1, -0.05) is 12.1 Å². The lowest BCUT2D eigenvalue weighted by molar-refractivity contribution is -0.384. The van der Waals surface area contributed by atoms with E-state index in [-0.39, 0.29) is 29.3 Å². The van der Waals surface area contributed by atoms with Crippen LogP contribution in [0.15, 0.2) is 53.4 Å². The topological polar surface area (TPSA) is 115 Å². The van der Waals surface area contributed by atoms with E-state index < -0.39 is 26.6 Å². The van der Waals surface area contributed by atoms with E-state index in [1.54, 1.807) is 24.3 Å². The molecule has 1 aliphatic heterocycles. The molecule has 0 aliphatic carbocycles. The van der Waals surface area contributed by atoms with Gasteiger partial charge in [-0.25, -0.2) is 8.42 Å². The van der Waals surface area contributed by atoms with E-state index in [1.165, 1.54) is 12.1 Å². The summed E-state index contributed by atoms with van der Waals surface area (Å²) < 4.78 is 24.6. The number of carbonyl (C=O) groups excluding carboxylic acids is 2. The zero-order chi connectivity index (χ0) is 18.9. The van der Waals surface area contributed by atoms with Crippen molar-refractivity contribution >= 4 is 27.3 Å². The maximum absolute atomic E-state index is 12.3. The molecule has 26 heavy (non-hydrogen) atoms. The van der Waals surface area contributed by atoms with Crippen molar-refractivity contribution in [2.24, 2.45) is 0 Å². The Balaban J connectivity index is 1.65. The van der Waals surface area contributed by atoms with Crippen molar-refractivity contribution in [1.82, 2.24) is 4.90 Å². The van der Waals surface area contributed by atoms with Crippen LogP contribution in [0.25, 0.3) is 0 Å². The van der Waals surface area contributed by atoms with Gasteiger partial charge >= 0.3 is 0 Å². The van der Waals surface area contributed by atoms with E-state index in [9.17, 15) is 28.1 Å². The molecule has 0 radical (unpaired) electrons. The van der Waals surface area contributed by atoms with Crippen LogP contribution in [0.2, 0.25) is 0 Å². The third-order valence-electron chi connectivity index (χ3n) is 4.08. The van der Waals surface area contributed by atoms with Crippen molar-refractivity contribution in [2.75, 3.05) is 12.3 Å². The molecule has 9 heteroatoms. The normalized spacial score (nSPS) is 13.8. The molecule has 0 N–H and O–H groups in total. The number of hydrogen-bond donors (Lipinski definition) is 0. The molecule has 2 amide bonds. The lowest BCUT2D eigenvalue weighted by Gasteiger charge is -2.13. The van der Waals surface area contributed by atoms with Gasteiger partial charge in [-0.3, -0.25) is 24.6 Å². The Morgan fingerprint density at radius 1 is 0.923 bits per heavy atom. The third-order valence-corrected chi connectivity index (χ3v) is 5.90. The van der Waals surface area contributed by atoms with Crippen molar-refractivity contribution in [3.8, 4) is 0 Å². The van der Waals surface area contributed by atoms with Crippen LogP contribution in [-0.4, -0.2) is 42.4 Å². The molecule has 0 saturated heterocycles. The van der Waals surface area contributed by atoms with Crippen LogP contribution in [0.5, 0.6) is 0 Å². The number of fused-ring (bicyclic) bond motifs is 1. The van der Waals surface area contributed by atoms with Crippen molar-refractivity contribution in [2.45, 2.75) is 11.3 Å². The lowest BCUT2D eigenvalue weighted by atomic mass is 10.1. The van der Waals surface area contributed by atoms with Crippen molar-refractivity contribution in [3.63, 3.8) is 0 Å². The number of carbonyl (C=O) groups is 2. The van der Waals surface area contributed by atoms with Crippen molar-refractivity contribution < 1.29 is 22.9 Å². The molecule has 0 unspecified atom stereocenters. The zero-order valence-electron chi connectivity index (χ0n) is 13.5. The SMILES string of the molecule is O=C1c2ccccc2C(=O)N1CCCS(=O)(=O)c1ccc([N+](=O)[O-])cc1. The molecular weight excluding hydrogens is 360 g/mol. The van der Waals surface area contributed by atoms with Gasteiger partial charge in [0.05, 0.1) is 26.7 Å². The van der Waals surface area contributed by atoms with Crippen molar-refractivity contribution in [1.29, 1.82) is 0 Å². The van der Waals surface area contributed by atoms with Gasteiger partial charge in [-0.05, 0) is 30.7 Å². The summed E-state index contributed by atoms with van der Waals surface area (Å²) in [7, 11) is -3.67. The summed E-state index contributed by atoms with van der Waals surface area (Å²) in [5.41, 5.74) is 0.432. The van der Waals surface area contributed by atoms with E-state index in [0.717, 1.165) is 17.0 Å². The highest BCUT2D eigenvalue weighted by atomic mass is 32.2. The molecule has 0 bridgehead atoms. The smallest absolute Gasteiger partial charge is 0.269 e. The predicted molar refractivity (Wildman–Crippen MR) is 91.6 cm³/mol. The summed E-state index contributed by atoms with van der Waals surface area (Å²) in [4.78, 5) is 35.5. The first-order valence-corrected chi connectivity index (χ1v) is 9.39. The standard InChI is InChI=1S/C17H14N2O6S/c20-16-14-4-1-2-5-15(14)17(21)18(16)10-3-11-26(24,25)13-8-6-12(7-9-13)19(22)23/h1-2,4-9H,3,10-11H2. The summed E-state index contributed by atoms with van der Waals surface area (Å²) in [6.07, 6.45) is 0.0742. The van der Waals surface area contributed by atoms with E-state index in [4.69, 9.17) is 0 Å². The number of sulfone groups is 1. The van der Waals surface area contributed by atoms with Gasteiger partial charge in [0, 0.05) is 18.7 Å². The summed E-state index contributed by atoms with van der Waals surface area (Å²) in [5, 5.41) is 10.6. The summed E-state index contributed by atoms with van der Waals surface area (Å²) in [6, 6.07) is 11.0. The van der Waals surface area contributed by atoms with Crippen LogP contribution in [0.1, 0.15) is 27.1 Å². The molecule has 0 saturated carbocycles. The van der Waals surface area contributed by atoms with E-state index in [0.29, 0.717) is 11.1 Å². The molecule has 2 aromatic rings. The number of nitro groups is 1. The second-order valence-electron chi connectivity index (χ2n) is 5.73. The quantitative estimate of drug-likeness (QED) is 0.434. The number of amides is 2. The lowest BCUT2D eigenvalue weighted by Crippen LogP contribution is -2.31. The zero-order valence-corrected chi connectivity index (χ0v) is 14.3. The maximum Gasteiger partial charge on any atom is 0.269 e. The number of nitro benzene ring substituents is 1. The monoisotopic (exact) mass is 374 g/mol. The summed E-state index contributed by atoms with van der Waals surface area (Å²) in [5.74, 6) is -1.14. The molecule has 0 spiro atoms. The van der Waals surface area contributed by atoms with E-state index in [2.05, 4.69) is 0 Å². The van der Waals surface area contributed by atoms with Gasteiger partial charge in [0.15, 0.2) is 9.84 Å². The highest BCUT2D eigenvalue weighted by Gasteiger charge is 2.34. The average Bonchev–Trinajstić information content (AvgIpc) is 2.87. The number of rotatable bonds is 6. The van der Waals surface area contributed by atoms with Crippen LogP contribution in [0, 0.1) is 10.1 Å². The molecule has 2 aromatic carbocycles. The number of imide groups is 1. The minimum atomic E-state index is -3.67. The van der Waals surface area contributed by atoms with Gasteiger partial charge in [-0.15, -0.1) is 0 Å². The molecule has 134 valence electrons. The number of benzene rings is 2. The van der Waals surface area contributed by atoms with E-state index >= 15 is 0 Å². The van der Waals surface area contributed by atoms with Gasteiger partial charge in [-0.2, -0.15) is 0 Å². The molecular formula is C17H14N2O6S. The van der Waals surface area contributed by atoms with Crippen LogP contribution in [0.4, 0.5) is 5.69 Å². The Hall–Kier alpha value is -3.07. The molecule has 8 nitrogen and oxygen atoms in total. The fourth-order valence-corrected chi connectivity index (χ4v) is 4.04. The second kappa shape index (κ2) is 6.68. The predicted octanol–water partition coefficient (Wildman–Crippen LogP) is 2.05. The number of nitrogens with zero attached hydrogens (tertiary/aromatic N) is 2. The molecule has 1 aliphatic rings. The van der Waals surface area contributed by atoms with Crippen LogP contribution >= 0.6 is 0 Å². The second-order valence-corrected chi connectivity index (χ2v) is 7.84. The average molecular weight is 374 g/mol. The minimum Gasteiger partial charge on any atom is -0.274 e. The first kappa shape index (κ1) is 17.7. The Morgan fingerprint density at radius 2 is 1.46 bits per heavy atom. The fraction of sp³-hybridized carbons (Fsp3) is 0.176. The minimum absolute atomic E-state index is 0.0153. The van der Waals surface area contributed by atoms with E-state index in [1.807, 2.05) is 0 Å². The Labute approximate surface area is 149 Å². The van der Waals surface area contributed by atoms with Gasteiger partial charge in [0.2, 0.25) is 0 Å². The Morgan fingerprint density at radius 3 is 1.96 bits per heavy atom. The number of hydrogen-bond acceptors (Lipinski definition) is 6. The van der Waals surface area contributed by atoms with Crippen LogP contribution in [-0.2, 0) is 9.84 Å². The van der Waals surface area contributed by atoms with Gasteiger partial charge in [0.1, 0.15) is 0 Å². The van der Waals surface area contributed by atoms with Crippen molar-refractivity contribution in [3.05, 3.63) is 69.8 Å². The molecule has 0 aromatic heterocycles. The van der Waals surface area contributed by atoms with Gasteiger partial charge in [0.25, 0.3) is 17.5 Å². The highest BCUT2D eigenvalue weighted by Crippen LogP contribution is 2.23. The first-order chi connectivity index (χ1) is 12.3. The molecule has 1 heterocycles. The largest absolute Gasteiger partial charge is 0.274 e. The number of non-ortho nitro benzene ring substituents is 1. The third kappa shape index (κ3) is 3.21. The van der Waals surface area contributed by atoms with Crippen LogP contribution < -0.4 is 0 Å². The Bertz CT molecular complexity index is 963. The molecule has 0 fully saturated rings. The molecule has 3 rings (SSSR count).